The highest BCUT2D eigenvalue weighted by Gasteiger charge is 2.46. The lowest BCUT2D eigenvalue weighted by Crippen LogP contribution is -2.28. The molecule has 0 atom stereocenters. The monoisotopic (exact) mass is 853 g/mol. The van der Waals surface area contributed by atoms with Gasteiger partial charge in [-0.1, -0.05) is 218 Å². The van der Waals surface area contributed by atoms with Crippen LogP contribution in [0, 0.1) is 0 Å². The molecule has 314 valence electrons. The smallest absolute Gasteiger partial charge is 0.135 e. The maximum Gasteiger partial charge on any atom is 0.135 e. The van der Waals surface area contributed by atoms with Crippen molar-refractivity contribution in [2.24, 2.45) is 0 Å². The quantitative estimate of drug-likeness (QED) is 0.151. The van der Waals surface area contributed by atoms with Crippen LogP contribution >= 0.6 is 0 Å². The van der Waals surface area contributed by atoms with Crippen molar-refractivity contribution in [2.75, 3.05) is 4.90 Å². The second-order valence-electron chi connectivity index (χ2n) is 17.5. The number of nitrogens with zero attached hydrogens (tertiary/aromatic N) is 1. The Morgan fingerprint density at radius 3 is 1.63 bits per heavy atom. The molecule has 2 nitrogen and oxygen atoms in total. The van der Waals surface area contributed by atoms with Crippen molar-refractivity contribution in [1.29, 1.82) is 0 Å². The van der Waals surface area contributed by atoms with Crippen LogP contribution in [0.4, 0.5) is 17.1 Å². The highest BCUT2D eigenvalue weighted by molar-refractivity contribution is 6.10. The van der Waals surface area contributed by atoms with Gasteiger partial charge in [0.2, 0.25) is 0 Å². The number of fused-ring (bicyclic) bond motifs is 7. The maximum atomic E-state index is 6.37. The Hall–Kier alpha value is -8.72. The molecule has 67 heavy (non-hydrogen) atoms. The highest BCUT2D eigenvalue weighted by Crippen LogP contribution is 2.58. The van der Waals surface area contributed by atoms with Gasteiger partial charge in [0.1, 0.15) is 11.2 Å². The summed E-state index contributed by atoms with van der Waals surface area (Å²) < 4.78 is 6.37. The van der Waals surface area contributed by atoms with E-state index in [-0.39, 0.29) is 0 Å². The first-order chi connectivity index (χ1) is 33.3. The second-order valence-corrected chi connectivity index (χ2v) is 17.5. The molecule has 1 aliphatic carbocycles. The minimum atomic E-state index is -0.469. The molecule has 0 saturated carbocycles. The number of para-hydroxylation sites is 2. The van der Waals surface area contributed by atoms with E-state index in [9.17, 15) is 0 Å². The van der Waals surface area contributed by atoms with Crippen LogP contribution in [0.3, 0.4) is 0 Å². The highest BCUT2D eigenvalue weighted by atomic mass is 16.3. The van der Waals surface area contributed by atoms with E-state index in [1.165, 1.54) is 72.0 Å². The maximum absolute atomic E-state index is 6.37. The number of benzene rings is 11. The van der Waals surface area contributed by atoms with Crippen molar-refractivity contribution >= 4 is 49.8 Å². The molecule has 0 spiro atoms. The lowest BCUT2D eigenvalue weighted by atomic mass is 9.67. The van der Waals surface area contributed by atoms with E-state index < -0.39 is 5.41 Å². The third kappa shape index (κ3) is 6.11. The van der Waals surface area contributed by atoms with Crippen molar-refractivity contribution in [3.63, 3.8) is 0 Å². The first kappa shape index (κ1) is 38.7. The largest absolute Gasteiger partial charge is 0.456 e. The van der Waals surface area contributed by atoms with Crippen molar-refractivity contribution in [2.45, 2.75) is 5.41 Å². The van der Waals surface area contributed by atoms with E-state index in [0.717, 1.165) is 44.6 Å². The normalized spacial score (nSPS) is 12.6. The summed E-state index contributed by atoms with van der Waals surface area (Å²) in [5.41, 5.74) is 19.3. The van der Waals surface area contributed by atoms with Gasteiger partial charge in [0.25, 0.3) is 0 Å². The number of hydrogen-bond donors (Lipinski definition) is 0. The van der Waals surface area contributed by atoms with E-state index in [1.54, 1.807) is 0 Å². The molecule has 2 heteroatoms. The second kappa shape index (κ2) is 15.8. The molecule has 0 fully saturated rings. The summed E-state index contributed by atoms with van der Waals surface area (Å²) in [4.78, 5) is 2.42. The molecule has 0 bridgehead atoms. The average Bonchev–Trinajstić information content (AvgIpc) is 3.93. The van der Waals surface area contributed by atoms with E-state index >= 15 is 0 Å². The molecule has 13 rings (SSSR count). The fraction of sp³-hybridized carbons (Fsp3) is 0.0154. The summed E-state index contributed by atoms with van der Waals surface area (Å²) in [5, 5.41) is 4.62. The summed E-state index contributed by atoms with van der Waals surface area (Å²) in [6, 6.07) is 95.0. The summed E-state index contributed by atoms with van der Waals surface area (Å²) in [5.74, 6) is 0. The van der Waals surface area contributed by atoms with Gasteiger partial charge in [-0.15, -0.1) is 0 Å². The molecule has 1 heterocycles. The van der Waals surface area contributed by atoms with Crippen molar-refractivity contribution in [3.05, 3.63) is 283 Å². The molecule has 0 N–H and O–H groups in total. The zero-order chi connectivity index (χ0) is 44.3. The fourth-order valence-electron chi connectivity index (χ4n) is 11.1. The average molecular weight is 854 g/mol. The van der Waals surface area contributed by atoms with Gasteiger partial charge in [-0.25, -0.2) is 0 Å². The van der Waals surface area contributed by atoms with Crippen molar-refractivity contribution in [1.82, 2.24) is 0 Å². The summed E-state index contributed by atoms with van der Waals surface area (Å²) in [6.45, 7) is 0. The van der Waals surface area contributed by atoms with Crippen LogP contribution in [0.5, 0.6) is 0 Å². The Labute approximate surface area is 390 Å². The Morgan fingerprint density at radius 1 is 0.328 bits per heavy atom. The zero-order valence-corrected chi connectivity index (χ0v) is 36.7. The lowest BCUT2D eigenvalue weighted by molar-refractivity contribution is 0.669. The van der Waals surface area contributed by atoms with Crippen LogP contribution in [0.15, 0.2) is 265 Å². The topological polar surface area (TPSA) is 16.4 Å². The summed E-state index contributed by atoms with van der Waals surface area (Å²) in [7, 11) is 0. The van der Waals surface area contributed by atoms with E-state index in [1.807, 2.05) is 12.1 Å². The molecule has 0 aliphatic heterocycles. The molecule has 0 amide bonds. The Kier molecular flexibility index (Phi) is 9.11. The van der Waals surface area contributed by atoms with Crippen LogP contribution in [-0.4, -0.2) is 0 Å². The van der Waals surface area contributed by atoms with Gasteiger partial charge in [0, 0.05) is 27.7 Å². The lowest BCUT2D eigenvalue weighted by Gasteiger charge is -2.34. The van der Waals surface area contributed by atoms with Crippen LogP contribution in [0.2, 0.25) is 0 Å². The van der Waals surface area contributed by atoms with Crippen LogP contribution in [0.25, 0.3) is 77.2 Å². The third-order valence-electron chi connectivity index (χ3n) is 14.0. The fourth-order valence-corrected chi connectivity index (χ4v) is 11.1. The molecule has 1 aliphatic rings. The molecular weight excluding hydrogens is 811 g/mol. The van der Waals surface area contributed by atoms with Crippen LogP contribution < -0.4 is 4.90 Å². The zero-order valence-electron chi connectivity index (χ0n) is 36.7. The van der Waals surface area contributed by atoms with Crippen LogP contribution in [-0.2, 0) is 5.41 Å². The molecular formula is C65H43NO. The van der Waals surface area contributed by atoms with Crippen molar-refractivity contribution < 1.29 is 4.42 Å². The predicted molar refractivity (Wildman–Crippen MR) is 280 cm³/mol. The predicted octanol–water partition coefficient (Wildman–Crippen LogP) is 17.6. The molecule has 1 aromatic heterocycles. The summed E-state index contributed by atoms with van der Waals surface area (Å²) in [6.07, 6.45) is 0. The van der Waals surface area contributed by atoms with Gasteiger partial charge in [-0.2, -0.15) is 0 Å². The van der Waals surface area contributed by atoms with Gasteiger partial charge >= 0.3 is 0 Å². The Bertz CT molecular complexity index is 3750. The minimum absolute atomic E-state index is 0.469. The van der Waals surface area contributed by atoms with Crippen molar-refractivity contribution in [3.8, 4) is 44.5 Å². The number of anilines is 3. The number of rotatable bonds is 8. The molecule has 0 unspecified atom stereocenters. The SMILES string of the molecule is c1ccc(-c2cccc3cccc(-c4ccccc4N(c4ccc(-c5cccc6c5-c5ccccc5C6(c5ccccc5)c5ccccc5)cc4)c4ccc5oc6ccccc6c5c4)c23)cc1. The molecule has 12 aromatic rings. The van der Waals surface area contributed by atoms with Crippen LogP contribution in [0.1, 0.15) is 22.3 Å². The van der Waals surface area contributed by atoms with Gasteiger partial charge in [-0.3, -0.25) is 0 Å². The van der Waals surface area contributed by atoms with Gasteiger partial charge in [0.15, 0.2) is 0 Å². The molecule has 0 saturated heterocycles. The van der Waals surface area contributed by atoms with Gasteiger partial charge < -0.3 is 9.32 Å². The first-order valence-electron chi connectivity index (χ1n) is 23.1. The van der Waals surface area contributed by atoms with Gasteiger partial charge in [0.05, 0.1) is 11.1 Å². The number of furan rings is 1. The number of hydrogen-bond acceptors (Lipinski definition) is 2. The van der Waals surface area contributed by atoms with E-state index in [0.29, 0.717) is 0 Å². The molecule has 0 radical (unpaired) electrons. The Morgan fingerprint density at radius 2 is 0.866 bits per heavy atom. The minimum Gasteiger partial charge on any atom is -0.456 e. The standard InChI is InChI=1S/C65H43NO/c1-4-19-44(20-5-1)51-30-16-21-46-22-17-32-55(63(46)51)53-27-11-14-35-60(53)66(50-41-42-62-57(43-50)54-28-12-15-36-61(54)67-62)49-39-37-45(38-40-49)52-31-18-34-59-64(52)56-29-10-13-33-58(56)65(59,47-23-6-2-7-24-47)48-25-8-3-9-26-48/h1-43H. The van der Waals surface area contributed by atoms with E-state index in [4.69, 9.17) is 4.42 Å². The summed E-state index contributed by atoms with van der Waals surface area (Å²) >= 11 is 0. The third-order valence-corrected chi connectivity index (χ3v) is 14.0. The van der Waals surface area contributed by atoms with Gasteiger partial charge in [-0.05, 0) is 114 Å². The first-order valence-corrected chi connectivity index (χ1v) is 23.1. The van der Waals surface area contributed by atoms with E-state index in [2.05, 4.69) is 254 Å². The molecule has 11 aromatic carbocycles. The Balaban J connectivity index is 1.01.